The number of hydrogen-bond donors (Lipinski definition) is 2. The van der Waals surface area contributed by atoms with Gasteiger partial charge in [0, 0.05) is 6.04 Å². The lowest BCUT2D eigenvalue weighted by molar-refractivity contribution is -0.126. The molecular formula is C11H13F4NO. The van der Waals surface area contributed by atoms with Crippen LogP contribution in [0.15, 0.2) is 18.2 Å². The van der Waals surface area contributed by atoms with E-state index < -0.39 is 30.3 Å². The van der Waals surface area contributed by atoms with E-state index in [-0.39, 0.29) is 6.42 Å². The van der Waals surface area contributed by atoms with E-state index >= 15 is 0 Å². The smallest absolute Gasteiger partial charge is 0.401 e. The Morgan fingerprint density at radius 2 is 2.00 bits per heavy atom. The number of halogens is 4. The summed E-state index contributed by atoms with van der Waals surface area (Å²) in [5.74, 6) is -1.24. The molecule has 0 heterocycles. The maximum absolute atomic E-state index is 12.7. The van der Waals surface area contributed by atoms with Gasteiger partial charge in [-0.1, -0.05) is 6.07 Å². The van der Waals surface area contributed by atoms with Gasteiger partial charge in [0.25, 0.3) is 0 Å². The molecule has 1 rings (SSSR count). The molecule has 1 aromatic carbocycles. The molecule has 0 aromatic heterocycles. The lowest BCUT2D eigenvalue weighted by atomic mass is 10.1. The fourth-order valence-electron chi connectivity index (χ4n) is 1.40. The second-order valence-corrected chi connectivity index (χ2v) is 3.89. The largest absolute Gasteiger partial charge is 0.505 e. The Morgan fingerprint density at radius 3 is 2.53 bits per heavy atom. The minimum Gasteiger partial charge on any atom is -0.505 e. The number of nitrogens with one attached hydrogen (secondary N) is 1. The average molecular weight is 251 g/mol. The number of aromatic hydroxyl groups is 1. The maximum atomic E-state index is 12.7. The molecule has 0 saturated heterocycles. The van der Waals surface area contributed by atoms with Crippen LogP contribution in [0.25, 0.3) is 0 Å². The van der Waals surface area contributed by atoms with Gasteiger partial charge in [0.1, 0.15) is 0 Å². The highest BCUT2D eigenvalue weighted by molar-refractivity contribution is 5.29. The molecule has 0 bridgehead atoms. The number of phenolic OH excluding ortho intramolecular Hbond substituents is 1. The molecule has 1 atom stereocenters. The fourth-order valence-corrected chi connectivity index (χ4v) is 1.40. The summed E-state index contributed by atoms with van der Waals surface area (Å²) in [6.07, 6.45) is -3.97. The second kappa shape index (κ2) is 5.35. The second-order valence-electron chi connectivity index (χ2n) is 3.89. The van der Waals surface area contributed by atoms with Crippen LogP contribution >= 0.6 is 0 Å². The molecule has 0 amide bonds. The van der Waals surface area contributed by atoms with Crippen LogP contribution in [0.3, 0.4) is 0 Å². The van der Waals surface area contributed by atoms with Gasteiger partial charge in [0.2, 0.25) is 0 Å². The van der Waals surface area contributed by atoms with Crippen LogP contribution in [0.5, 0.6) is 5.75 Å². The van der Waals surface area contributed by atoms with Gasteiger partial charge in [-0.25, -0.2) is 4.39 Å². The van der Waals surface area contributed by atoms with Crippen LogP contribution in [-0.2, 0) is 6.42 Å². The van der Waals surface area contributed by atoms with Gasteiger partial charge in [-0.15, -0.1) is 0 Å². The molecule has 6 heteroatoms. The van der Waals surface area contributed by atoms with E-state index in [9.17, 15) is 17.6 Å². The minimum absolute atomic E-state index is 0.282. The summed E-state index contributed by atoms with van der Waals surface area (Å²) in [7, 11) is 0. The van der Waals surface area contributed by atoms with Gasteiger partial charge >= 0.3 is 6.18 Å². The van der Waals surface area contributed by atoms with Crippen LogP contribution in [-0.4, -0.2) is 23.9 Å². The number of hydrogen-bond acceptors (Lipinski definition) is 2. The van der Waals surface area contributed by atoms with Gasteiger partial charge < -0.3 is 10.4 Å². The van der Waals surface area contributed by atoms with E-state index in [0.29, 0.717) is 5.56 Å². The van der Waals surface area contributed by atoms with Crippen LogP contribution in [0.2, 0.25) is 0 Å². The van der Waals surface area contributed by atoms with Crippen molar-refractivity contribution < 1.29 is 22.7 Å². The van der Waals surface area contributed by atoms with Crippen molar-refractivity contribution in [3.05, 3.63) is 29.6 Å². The molecule has 0 spiro atoms. The van der Waals surface area contributed by atoms with Crippen molar-refractivity contribution in [3.8, 4) is 5.75 Å². The third-order valence-electron chi connectivity index (χ3n) is 2.20. The highest BCUT2D eigenvalue weighted by atomic mass is 19.4. The first-order valence-electron chi connectivity index (χ1n) is 5.05. The van der Waals surface area contributed by atoms with Crippen molar-refractivity contribution in [2.45, 2.75) is 25.6 Å². The predicted molar refractivity (Wildman–Crippen MR) is 55.3 cm³/mol. The summed E-state index contributed by atoms with van der Waals surface area (Å²) >= 11 is 0. The monoisotopic (exact) mass is 251 g/mol. The molecule has 2 N–H and O–H groups in total. The Kier molecular flexibility index (Phi) is 4.34. The first-order chi connectivity index (χ1) is 7.78. The lowest BCUT2D eigenvalue weighted by Gasteiger charge is -2.15. The fraction of sp³-hybridized carbons (Fsp3) is 0.455. The third-order valence-corrected chi connectivity index (χ3v) is 2.20. The zero-order valence-electron chi connectivity index (χ0n) is 9.18. The molecule has 0 unspecified atom stereocenters. The van der Waals surface area contributed by atoms with Crippen LogP contribution < -0.4 is 5.32 Å². The van der Waals surface area contributed by atoms with Gasteiger partial charge in [-0.2, -0.15) is 13.2 Å². The van der Waals surface area contributed by atoms with E-state index in [1.165, 1.54) is 12.1 Å². The van der Waals surface area contributed by atoms with E-state index in [2.05, 4.69) is 5.32 Å². The summed E-state index contributed by atoms with van der Waals surface area (Å²) in [6.45, 7) is 0.521. The summed E-state index contributed by atoms with van der Waals surface area (Å²) in [6, 6.07) is 3.31. The van der Waals surface area contributed by atoms with Crippen molar-refractivity contribution in [1.29, 1.82) is 0 Å². The molecule has 0 aliphatic carbocycles. The van der Waals surface area contributed by atoms with Crippen molar-refractivity contribution in [2.24, 2.45) is 0 Å². The Morgan fingerprint density at radius 1 is 1.35 bits per heavy atom. The topological polar surface area (TPSA) is 32.3 Å². The Bertz CT molecular complexity index is 378. The summed E-state index contributed by atoms with van der Waals surface area (Å²) in [4.78, 5) is 0. The average Bonchev–Trinajstić information content (AvgIpc) is 2.20. The van der Waals surface area contributed by atoms with Crippen molar-refractivity contribution in [2.75, 3.05) is 6.54 Å². The summed E-state index contributed by atoms with van der Waals surface area (Å²) < 4.78 is 48.5. The van der Waals surface area contributed by atoms with Crippen LogP contribution in [0.1, 0.15) is 12.5 Å². The number of benzene rings is 1. The number of rotatable bonds is 4. The summed E-state index contributed by atoms with van der Waals surface area (Å²) in [5, 5.41) is 11.4. The molecule has 0 radical (unpaired) electrons. The molecule has 17 heavy (non-hydrogen) atoms. The zero-order chi connectivity index (χ0) is 13.1. The lowest BCUT2D eigenvalue weighted by Crippen LogP contribution is -2.36. The zero-order valence-corrected chi connectivity index (χ0v) is 9.18. The standard InChI is InChI=1S/C11H13F4NO/c1-7(16-6-11(13,14)15)4-8-2-3-9(12)10(17)5-8/h2-3,5,7,16-17H,4,6H2,1H3/t7-/m1/s1. The van der Waals surface area contributed by atoms with Crippen LogP contribution in [0, 0.1) is 5.82 Å². The number of alkyl halides is 3. The van der Waals surface area contributed by atoms with Gasteiger partial charge in [-0.05, 0) is 31.0 Å². The molecule has 1 aromatic rings. The quantitative estimate of drug-likeness (QED) is 0.806. The molecule has 96 valence electrons. The molecule has 0 saturated carbocycles. The Labute approximate surface area is 96.3 Å². The molecular weight excluding hydrogens is 238 g/mol. The van der Waals surface area contributed by atoms with E-state index in [1.807, 2.05) is 0 Å². The molecule has 0 aliphatic rings. The van der Waals surface area contributed by atoms with E-state index in [1.54, 1.807) is 6.92 Å². The maximum Gasteiger partial charge on any atom is 0.401 e. The first kappa shape index (κ1) is 13.8. The minimum atomic E-state index is -4.25. The number of phenols is 1. The van der Waals surface area contributed by atoms with Gasteiger partial charge in [0.15, 0.2) is 11.6 Å². The Balaban J connectivity index is 2.50. The predicted octanol–water partition coefficient (Wildman–Crippen LogP) is 2.61. The Hall–Kier alpha value is -1.30. The highest BCUT2D eigenvalue weighted by Gasteiger charge is 2.27. The van der Waals surface area contributed by atoms with Crippen LogP contribution in [0.4, 0.5) is 17.6 Å². The molecule has 0 aliphatic heterocycles. The van der Waals surface area contributed by atoms with Gasteiger partial charge in [-0.3, -0.25) is 0 Å². The van der Waals surface area contributed by atoms with Crippen molar-refractivity contribution >= 4 is 0 Å². The third kappa shape index (κ3) is 5.04. The highest BCUT2D eigenvalue weighted by Crippen LogP contribution is 2.18. The molecule has 2 nitrogen and oxygen atoms in total. The molecule has 0 fully saturated rings. The van der Waals surface area contributed by atoms with E-state index in [0.717, 1.165) is 6.07 Å². The van der Waals surface area contributed by atoms with Crippen molar-refractivity contribution in [3.63, 3.8) is 0 Å². The summed E-state index contributed by atoms with van der Waals surface area (Å²) in [5.41, 5.74) is 0.575. The SMILES string of the molecule is C[C@H](Cc1ccc(F)c(O)c1)NCC(F)(F)F. The van der Waals surface area contributed by atoms with Crippen molar-refractivity contribution in [1.82, 2.24) is 5.32 Å². The van der Waals surface area contributed by atoms with E-state index in [4.69, 9.17) is 5.11 Å². The van der Waals surface area contributed by atoms with Gasteiger partial charge in [0.05, 0.1) is 6.54 Å². The first-order valence-corrected chi connectivity index (χ1v) is 5.05. The normalized spacial score (nSPS) is 13.7.